The van der Waals surface area contributed by atoms with Crippen LogP contribution in [-0.4, -0.2) is 48.9 Å². The number of hydrogen-bond donors (Lipinski definition) is 0. The van der Waals surface area contributed by atoms with E-state index in [9.17, 15) is 4.79 Å². The molecule has 0 spiro atoms. The molecule has 5 heteroatoms. The highest BCUT2D eigenvalue weighted by atomic mass is 79.9. The SMILES string of the molecule is CN(C)C1CCN(C(=O)c2ccc(Br)s2)C1. The Kier molecular flexibility index (Phi) is 3.66. The van der Waals surface area contributed by atoms with Gasteiger partial charge < -0.3 is 9.80 Å². The third-order valence-electron chi connectivity index (χ3n) is 2.96. The zero-order valence-electron chi connectivity index (χ0n) is 9.44. The molecule has 16 heavy (non-hydrogen) atoms. The van der Waals surface area contributed by atoms with Crippen LogP contribution in [0.5, 0.6) is 0 Å². The van der Waals surface area contributed by atoms with Crippen LogP contribution in [0, 0.1) is 0 Å². The fourth-order valence-electron chi connectivity index (χ4n) is 1.93. The van der Waals surface area contributed by atoms with E-state index >= 15 is 0 Å². The second-order valence-corrected chi connectivity index (χ2v) is 6.72. The van der Waals surface area contributed by atoms with Gasteiger partial charge in [-0.05, 0) is 48.6 Å². The van der Waals surface area contributed by atoms with E-state index in [4.69, 9.17) is 0 Å². The minimum Gasteiger partial charge on any atom is -0.336 e. The number of thiophene rings is 1. The number of amides is 1. The van der Waals surface area contributed by atoms with E-state index in [1.54, 1.807) is 0 Å². The van der Waals surface area contributed by atoms with Gasteiger partial charge in [-0.25, -0.2) is 0 Å². The zero-order chi connectivity index (χ0) is 11.7. The van der Waals surface area contributed by atoms with Gasteiger partial charge >= 0.3 is 0 Å². The quantitative estimate of drug-likeness (QED) is 0.837. The molecule has 2 rings (SSSR count). The van der Waals surface area contributed by atoms with Gasteiger partial charge in [-0.1, -0.05) is 0 Å². The van der Waals surface area contributed by atoms with Crippen LogP contribution in [-0.2, 0) is 0 Å². The first-order valence-electron chi connectivity index (χ1n) is 5.29. The molecule has 2 heterocycles. The van der Waals surface area contributed by atoms with E-state index in [-0.39, 0.29) is 5.91 Å². The molecule has 0 aliphatic carbocycles. The molecule has 3 nitrogen and oxygen atoms in total. The Morgan fingerprint density at radius 1 is 1.56 bits per heavy atom. The van der Waals surface area contributed by atoms with Crippen molar-refractivity contribution in [1.82, 2.24) is 9.80 Å². The highest BCUT2D eigenvalue weighted by Crippen LogP contribution is 2.25. The fraction of sp³-hybridized carbons (Fsp3) is 0.545. The van der Waals surface area contributed by atoms with Crippen LogP contribution >= 0.6 is 27.3 Å². The molecule has 0 radical (unpaired) electrons. The number of hydrogen-bond acceptors (Lipinski definition) is 3. The largest absolute Gasteiger partial charge is 0.336 e. The summed E-state index contributed by atoms with van der Waals surface area (Å²) in [5.41, 5.74) is 0. The smallest absolute Gasteiger partial charge is 0.264 e. The van der Waals surface area contributed by atoms with Crippen molar-refractivity contribution in [1.29, 1.82) is 0 Å². The number of likely N-dealkylation sites (tertiary alicyclic amines) is 1. The summed E-state index contributed by atoms with van der Waals surface area (Å²) < 4.78 is 1.01. The van der Waals surface area contributed by atoms with Crippen LogP contribution in [0.15, 0.2) is 15.9 Å². The van der Waals surface area contributed by atoms with E-state index in [0.717, 1.165) is 28.2 Å². The molecule has 1 aromatic heterocycles. The lowest BCUT2D eigenvalue weighted by atomic mass is 10.2. The molecule has 0 bridgehead atoms. The molecule has 1 atom stereocenters. The number of carbonyl (C=O) groups excluding carboxylic acids is 1. The van der Waals surface area contributed by atoms with Crippen molar-refractivity contribution in [2.24, 2.45) is 0 Å². The van der Waals surface area contributed by atoms with Gasteiger partial charge in [0, 0.05) is 19.1 Å². The van der Waals surface area contributed by atoms with Crippen molar-refractivity contribution in [3.8, 4) is 0 Å². The van der Waals surface area contributed by atoms with Crippen molar-refractivity contribution in [3.63, 3.8) is 0 Å². The summed E-state index contributed by atoms with van der Waals surface area (Å²) in [6.07, 6.45) is 1.07. The first-order valence-corrected chi connectivity index (χ1v) is 6.90. The molecule has 0 saturated carbocycles. The summed E-state index contributed by atoms with van der Waals surface area (Å²) in [6, 6.07) is 4.32. The Balaban J connectivity index is 2.02. The monoisotopic (exact) mass is 302 g/mol. The van der Waals surface area contributed by atoms with Crippen molar-refractivity contribution in [2.45, 2.75) is 12.5 Å². The van der Waals surface area contributed by atoms with E-state index < -0.39 is 0 Å². The van der Waals surface area contributed by atoms with E-state index in [0.29, 0.717) is 6.04 Å². The lowest BCUT2D eigenvalue weighted by molar-refractivity contribution is 0.0788. The van der Waals surface area contributed by atoms with Gasteiger partial charge in [0.15, 0.2) is 0 Å². The van der Waals surface area contributed by atoms with Crippen molar-refractivity contribution in [3.05, 3.63) is 20.8 Å². The summed E-state index contributed by atoms with van der Waals surface area (Å²) in [4.78, 5) is 17.1. The normalized spacial score (nSPS) is 20.8. The van der Waals surface area contributed by atoms with Crippen LogP contribution in [0.4, 0.5) is 0 Å². The van der Waals surface area contributed by atoms with Crippen molar-refractivity contribution < 1.29 is 4.79 Å². The predicted molar refractivity (Wildman–Crippen MR) is 70.0 cm³/mol. The Labute approximate surface area is 108 Å². The minimum atomic E-state index is 0.167. The van der Waals surface area contributed by atoms with E-state index in [2.05, 4.69) is 34.9 Å². The Morgan fingerprint density at radius 2 is 2.31 bits per heavy atom. The first-order chi connectivity index (χ1) is 7.58. The molecule has 88 valence electrons. The lowest BCUT2D eigenvalue weighted by Crippen LogP contribution is -2.34. The molecule has 0 N–H and O–H groups in total. The maximum absolute atomic E-state index is 12.1. The summed E-state index contributed by atoms with van der Waals surface area (Å²) in [5.74, 6) is 0.167. The number of carbonyl (C=O) groups is 1. The van der Waals surface area contributed by atoms with Crippen LogP contribution in [0.1, 0.15) is 16.1 Å². The second-order valence-electron chi connectivity index (χ2n) is 4.26. The molecule has 0 aromatic carbocycles. The molecular weight excluding hydrogens is 288 g/mol. The second kappa shape index (κ2) is 4.85. The van der Waals surface area contributed by atoms with Gasteiger partial charge in [-0.15, -0.1) is 11.3 Å². The third-order valence-corrected chi connectivity index (χ3v) is 4.58. The Hall–Kier alpha value is -0.390. The average molecular weight is 303 g/mol. The summed E-state index contributed by atoms with van der Waals surface area (Å²) in [6.45, 7) is 1.72. The summed E-state index contributed by atoms with van der Waals surface area (Å²) in [5, 5.41) is 0. The molecule has 1 amide bonds. The fourth-order valence-corrected chi connectivity index (χ4v) is 3.29. The van der Waals surface area contributed by atoms with Gasteiger partial charge in [-0.2, -0.15) is 0 Å². The first kappa shape index (κ1) is 12.1. The maximum atomic E-state index is 12.1. The van der Waals surface area contributed by atoms with Crippen molar-refractivity contribution in [2.75, 3.05) is 27.2 Å². The van der Waals surface area contributed by atoms with Crippen LogP contribution in [0.3, 0.4) is 0 Å². The molecule has 1 aliphatic rings. The minimum absolute atomic E-state index is 0.167. The van der Waals surface area contributed by atoms with E-state index in [1.165, 1.54) is 11.3 Å². The number of halogens is 1. The van der Waals surface area contributed by atoms with Crippen LogP contribution in [0.2, 0.25) is 0 Å². The standard InChI is InChI=1S/C11H15BrN2OS/c1-13(2)8-5-6-14(7-8)11(15)9-3-4-10(12)16-9/h3-4,8H,5-7H2,1-2H3. The molecule has 1 aromatic rings. The molecule has 1 aliphatic heterocycles. The molecule has 1 fully saturated rings. The number of rotatable bonds is 2. The maximum Gasteiger partial charge on any atom is 0.264 e. The summed E-state index contributed by atoms with van der Waals surface area (Å²) >= 11 is 4.89. The topological polar surface area (TPSA) is 23.6 Å². The van der Waals surface area contributed by atoms with Gasteiger partial charge in [0.1, 0.15) is 0 Å². The highest BCUT2D eigenvalue weighted by molar-refractivity contribution is 9.11. The third kappa shape index (κ3) is 2.47. The van der Waals surface area contributed by atoms with Crippen LogP contribution in [0.25, 0.3) is 0 Å². The summed E-state index contributed by atoms with van der Waals surface area (Å²) in [7, 11) is 4.14. The predicted octanol–water partition coefficient (Wildman–Crippen LogP) is 2.29. The van der Waals surface area contributed by atoms with Crippen LogP contribution < -0.4 is 0 Å². The lowest BCUT2D eigenvalue weighted by Gasteiger charge is -2.19. The van der Waals surface area contributed by atoms with Crippen molar-refractivity contribution >= 4 is 33.2 Å². The number of nitrogens with zero attached hydrogens (tertiary/aromatic N) is 2. The molecule has 1 unspecified atom stereocenters. The number of likely N-dealkylation sites (N-methyl/N-ethyl adjacent to an activating group) is 1. The molecule has 1 saturated heterocycles. The highest BCUT2D eigenvalue weighted by Gasteiger charge is 2.28. The van der Waals surface area contributed by atoms with Gasteiger partial charge in [0.2, 0.25) is 0 Å². The Bertz CT molecular complexity index is 391. The average Bonchev–Trinajstić information content (AvgIpc) is 2.84. The van der Waals surface area contributed by atoms with Gasteiger partial charge in [-0.3, -0.25) is 4.79 Å². The van der Waals surface area contributed by atoms with Gasteiger partial charge in [0.25, 0.3) is 5.91 Å². The molecular formula is C11H15BrN2OS. The van der Waals surface area contributed by atoms with E-state index in [1.807, 2.05) is 17.0 Å². The Morgan fingerprint density at radius 3 is 2.81 bits per heavy atom. The van der Waals surface area contributed by atoms with Gasteiger partial charge in [0.05, 0.1) is 8.66 Å². The zero-order valence-corrected chi connectivity index (χ0v) is 11.8.